The molecule has 25 heavy (non-hydrogen) atoms. The molecule has 0 radical (unpaired) electrons. The van der Waals surface area contributed by atoms with Gasteiger partial charge in [0.2, 0.25) is 11.8 Å². The number of hydrogen-bond donors (Lipinski definition) is 1. The second-order valence-electron chi connectivity index (χ2n) is 7.33. The number of halogens is 1. The van der Waals surface area contributed by atoms with Gasteiger partial charge >= 0.3 is 0 Å². The second kappa shape index (κ2) is 7.12. The van der Waals surface area contributed by atoms with Crippen LogP contribution in [-0.4, -0.2) is 59.5 Å². The van der Waals surface area contributed by atoms with Crippen LogP contribution in [0, 0.1) is 17.2 Å². The Labute approximate surface area is 147 Å². The first kappa shape index (κ1) is 17.9. The summed E-state index contributed by atoms with van der Waals surface area (Å²) < 4.78 is 13.3. The van der Waals surface area contributed by atoms with E-state index in [4.69, 9.17) is 0 Å². The molecule has 1 aromatic carbocycles. The SMILES string of the molecule is CC(=O)N1CC(CO)C2(CCN(C(=O)Cc3cccc(F)c3)CC2)C1. The van der Waals surface area contributed by atoms with E-state index in [9.17, 15) is 19.1 Å². The average molecular weight is 348 g/mol. The van der Waals surface area contributed by atoms with Crippen molar-refractivity contribution in [1.29, 1.82) is 0 Å². The van der Waals surface area contributed by atoms with Gasteiger partial charge in [0.25, 0.3) is 0 Å². The van der Waals surface area contributed by atoms with Crippen molar-refractivity contribution in [2.24, 2.45) is 11.3 Å². The third kappa shape index (κ3) is 3.68. The molecule has 2 aliphatic heterocycles. The van der Waals surface area contributed by atoms with E-state index in [0.717, 1.165) is 12.8 Å². The highest BCUT2D eigenvalue weighted by Crippen LogP contribution is 2.44. The number of likely N-dealkylation sites (tertiary alicyclic amines) is 2. The number of carbonyl (C=O) groups excluding carboxylic acids is 2. The Hall–Kier alpha value is -1.95. The number of aliphatic hydroxyl groups excluding tert-OH is 1. The molecule has 0 aliphatic carbocycles. The Bertz CT molecular complexity index is 656. The Morgan fingerprint density at radius 3 is 2.60 bits per heavy atom. The molecule has 3 rings (SSSR count). The molecule has 2 fully saturated rings. The Morgan fingerprint density at radius 1 is 1.28 bits per heavy atom. The normalized spacial score (nSPS) is 22.4. The molecule has 2 amide bonds. The number of aliphatic hydroxyl groups is 1. The zero-order valence-electron chi connectivity index (χ0n) is 14.6. The van der Waals surface area contributed by atoms with Gasteiger partial charge in [0.05, 0.1) is 6.42 Å². The lowest BCUT2D eigenvalue weighted by atomic mass is 9.71. The summed E-state index contributed by atoms with van der Waals surface area (Å²) in [5, 5.41) is 9.72. The lowest BCUT2D eigenvalue weighted by molar-refractivity contribution is -0.134. The van der Waals surface area contributed by atoms with Gasteiger partial charge in [-0.1, -0.05) is 12.1 Å². The van der Waals surface area contributed by atoms with Gasteiger partial charge in [0.1, 0.15) is 5.82 Å². The van der Waals surface area contributed by atoms with Crippen LogP contribution in [0.5, 0.6) is 0 Å². The van der Waals surface area contributed by atoms with Crippen LogP contribution in [-0.2, 0) is 16.0 Å². The molecule has 0 bridgehead atoms. The van der Waals surface area contributed by atoms with Gasteiger partial charge in [0.15, 0.2) is 0 Å². The van der Waals surface area contributed by atoms with Crippen molar-refractivity contribution in [3.8, 4) is 0 Å². The van der Waals surface area contributed by atoms with Crippen LogP contribution in [0.25, 0.3) is 0 Å². The third-order valence-electron chi connectivity index (χ3n) is 5.83. The minimum atomic E-state index is -0.330. The Balaban J connectivity index is 1.61. The second-order valence-corrected chi connectivity index (χ2v) is 7.33. The molecular formula is C19H25FN2O3. The molecule has 0 saturated carbocycles. The molecule has 2 aliphatic rings. The van der Waals surface area contributed by atoms with Crippen molar-refractivity contribution >= 4 is 11.8 Å². The van der Waals surface area contributed by atoms with Crippen LogP contribution in [0.15, 0.2) is 24.3 Å². The van der Waals surface area contributed by atoms with Crippen LogP contribution in [0.3, 0.4) is 0 Å². The molecule has 2 heterocycles. The van der Waals surface area contributed by atoms with Gasteiger partial charge in [-0.15, -0.1) is 0 Å². The number of hydrogen-bond acceptors (Lipinski definition) is 3. The summed E-state index contributed by atoms with van der Waals surface area (Å²) in [4.78, 5) is 27.8. The first-order valence-electron chi connectivity index (χ1n) is 8.82. The van der Waals surface area contributed by atoms with Gasteiger partial charge in [-0.25, -0.2) is 4.39 Å². The fraction of sp³-hybridized carbons (Fsp3) is 0.579. The maximum Gasteiger partial charge on any atom is 0.226 e. The largest absolute Gasteiger partial charge is 0.396 e. The van der Waals surface area contributed by atoms with Crippen molar-refractivity contribution in [2.45, 2.75) is 26.2 Å². The standard InChI is InChI=1S/C19H25FN2O3/c1-14(24)22-11-16(12-23)19(13-22)5-7-21(8-6-19)18(25)10-15-3-2-4-17(20)9-15/h2-4,9,16,23H,5-8,10-13H2,1H3. The molecule has 1 aromatic rings. The zero-order valence-corrected chi connectivity index (χ0v) is 14.6. The van der Waals surface area contributed by atoms with Gasteiger partial charge in [-0.05, 0) is 36.0 Å². The summed E-state index contributed by atoms with van der Waals surface area (Å²) >= 11 is 0. The number of rotatable bonds is 3. The highest BCUT2D eigenvalue weighted by Gasteiger charge is 2.48. The predicted molar refractivity (Wildman–Crippen MR) is 91.2 cm³/mol. The third-order valence-corrected chi connectivity index (χ3v) is 5.83. The molecule has 1 N–H and O–H groups in total. The number of nitrogens with zero attached hydrogens (tertiary/aromatic N) is 2. The number of piperidine rings is 1. The maximum absolute atomic E-state index is 13.3. The van der Waals surface area contributed by atoms with E-state index in [-0.39, 0.29) is 42.0 Å². The highest BCUT2D eigenvalue weighted by atomic mass is 19.1. The number of carbonyl (C=O) groups is 2. The quantitative estimate of drug-likeness (QED) is 0.899. The van der Waals surface area contributed by atoms with E-state index in [1.165, 1.54) is 12.1 Å². The Morgan fingerprint density at radius 2 is 2.00 bits per heavy atom. The molecule has 1 atom stereocenters. The summed E-state index contributed by atoms with van der Waals surface area (Å²) in [6.45, 7) is 4.14. The number of benzene rings is 1. The average Bonchev–Trinajstić information content (AvgIpc) is 2.94. The maximum atomic E-state index is 13.3. The molecule has 2 saturated heterocycles. The zero-order chi connectivity index (χ0) is 18.0. The fourth-order valence-electron chi connectivity index (χ4n) is 4.23. The first-order valence-corrected chi connectivity index (χ1v) is 8.82. The van der Waals surface area contributed by atoms with E-state index >= 15 is 0 Å². The molecule has 1 unspecified atom stereocenters. The monoisotopic (exact) mass is 348 g/mol. The van der Waals surface area contributed by atoms with E-state index in [2.05, 4.69) is 0 Å². The van der Waals surface area contributed by atoms with Crippen LogP contribution in [0.2, 0.25) is 0 Å². The van der Waals surface area contributed by atoms with Gasteiger partial charge in [-0.3, -0.25) is 9.59 Å². The van der Waals surface area contributed by atoms with Crippen molar-refractivity contribution < 1.29 is 19.1 Å². The van der Waals surface area contributed by atoms with Crippen LogP contribution in [0.4, 0.5) is 4.39 Å². The minimum Gasteiger partial charge on any atom is -0.396 e. The predicted octanol–water partition coefficient (Wildman–Crippen LogP) is 1.45. The van der Waals surface area contributed by atoms with Crippen molar-refractivity contribution in [2.75, 3.05) is 32.8 Å². The first-order chi connectivity index (χ1) is 11.9. The lowest BCUT2D eigenvalue weighted by Gasteiger charge is -2.42. The molecule has 5 nitrogen and oxygen atoms in total. The summed E-state index contributed by atoms with van der Waals surface area (Å²) in [7, 11) is 0. The van der Waals surface area contributed by atoms with E-state index in [1.54, 1.807) is 19.1 Å². The molecule has 0 aromatic heterocycles. The van der Waals surface area contributed by atoms with E-state index in [0.29, 0.717) is 31.7 Å². The fourth-order valence-corrected chi connectivity index (χ4v) is 4.23. The summed E-state index contributed by atoms with van der Waals surface area (Å²) in [6.07, 6.45) is 1.78. The van der Waals surface area contributed by atoms with Gasteiger partial charge in [0, 0.05) is 45.6 Å². The van der Waals surface area contributed by atoms with Crippen LogP contribution in [0.1, 0.15) is 25.3 Å². The van der Waals surface area contributed by atoms with Crippen molar-refractivity contribution in [1.82, 2.24) is 9.80 Å². The summed E-state index contributed by atoms with van der Waals surface area (Å²) in [5.74, 6) is -0.205. The lowest BCUT2D eigenvalue weighted by Crippen LogP contribution is -2.47. The Kier molecular flexibility index (Phi) is 5.08. The van der Waals surface area contributed by atoms with Gasteiger partial charge < -0.3 is 14.9 Å². The van der Waals surface area contributed by atoms with Crippen LogP contribution < -0.4 is 0 Å². The van der Waals surface area contributed by atoms with Crippen molar-refractivity contribution in [3.05, 3.63) is 35.6 Å². The van der Waals surface area contributed by atoms with Crippen LogP contribution >= 0.6 is 0 Å². The molecular weight excluding hydrogens is 323 g/mol. The number of amides is 2. The van der Waals surface area contributed by atoms with E-state index < -0.39 is 0 Å². The molecule has 136 valence electrons. The smallest absolute Gasteiger partial charge is 0.226 e. The van der Waals surface area contributed by atoms with Gasteiger partial charge in [-0.2, -0.15) is 0 Å². The summed E-state index contributed by atoms with van der Waals surface area (Å²) in [5.41, 5.74) is 0.595. The topological polar surface area (TPSA) is 60.9 Å². The molecule has 6 heteroatoms. The van der Waals surface area contributed by atoms with E-state index in [1.807, 2.05) is 9.80 Å². The summed E-state index contributed by atoms with van der Waals surface area (Å²) in [6, 6.07) is 6.14. The molecule has 1 spiro atoms. The highest BCUT2D eigenvalue weighted by molar-refractivity contribution is 5.79. The van der Waals surface area contributed by atoms with Crippen molar-refractivity contribution in [3.63, 3.8) is 0 Å². The minimum absolute atomic E-state index is 0.00224.